The zero-order chi connectivity index (χ0) is 16.9. The number of amides is 2. The van der Waals surface area contributed by atoms with Crippen LogP contribution in [0.3, 0.4) is 0 Å². The average molecular weight is 313 g/mol. The van der Waals surface area contributed by atoms with Crippen LogP contribution in [0.4, 0.5) is 0 Å². The van der Waals surface area contributed by atoms with Crippen molar-refractivity contribution in [2.24, 2.45) is 5.92 Å². The smallest absolute Gasteiger partial charge is 0.300 e. The van der Waals surface area contributed by atoms with Crippen molar-refractivity contribution >= 4 is 17.8 Å². The Hall–Kier alpha value is -1.63. The number of carboxylic acid groups (broad SMARTS) is 1. The van der Waals surface area contributed by atoms with Gasteiger partial charge in [-0.2, -0.15) is 0 Å². The van der Waals surface area contributed by atoms with E-state index in [4.69, 9.17) is 9.90 Å². The van der Waals surface area contributed by atoms with Crippen LogP contribution in [-0.4, -0.2) is 71.5 Å². The molecule has 0 unspecified atom stereocenters. The van der Waals surface area contributed by atoms with Gasteiger partial charge < -0.3 is 20.2 Å². The van der Waals surface area contributed by atoms with Crippen LogP contribution < -0.4 is 5.32 Å². The quantitative estimate of drug-likeness (QED) is 0.758. The number of carboxylic acids is 1. The molecule has 0 aromatic rings. The van der Waals surface area contributed by atoms with E-state index >= 15 is 0 Å². The first-order chi connectivity index (χ1) is 10.3. The fraction of sp³-hybridized carbons (Fsp3) is 0.800. The minimum absolute atomic E-state index is 0.0471. The monoisotopic (exact) mass is 313 g/mol. The van der Waals surface area contributed by atoms with Gasteiger partial charge in [-0.25, -0.2) is 0 Å². The van der Waals surface area contributed by atoms with Crippen LogP contribution in [0, 0.1) is 5.92 Å². The number of nitrogens with zero attached hydrogens (tertiary/aromatic N) is 2. The van der Waals surface area contributed by atoms with Gasteiger partial charge in [0.2, 0.25) is 11.8 Å². The molecule has 126 valence electrons. The normalized spacial score (nSPS) is 29.0. The molecule has 2 aliphatic heterocycles. The molecule has 0 aliphatic carbocycles. The number of aliphatic carboxylic acids is 1. The number of piperidine rings is 1. The van der Waals surface area contributed by atoms with Gasteiger partial charge in [-0.3, -0.25) is 14.4 Å². The number of carbonyl (C=O) groups excluding carboxylic acids is 2. The van der Waals surface area contributed by atoms with Crippen molar-refractivity contribution in [1.82, 2.24) is 15.1 Å². The van der Waals surface area contributed by atoms with Gasteiger partial charge in [0.1, 0.15) is 12.1 Å². The maximum absolute atomic E-state index is 12.3. The molecule has 0 saturated carbocycles. The first-order valence-electron chi connectivity index (χ1n) is 7.73. The predicted octanol–water partition coefficient (Wildman–Crippen LogP) is 0.155. The number of likely N-dealkylation sites (N-methyl/N-ethyl adjacent to an activating group) is 1. The van der Waals surface area contributed by atoms with Gasteiger partial charge in [0.15, 0.2) is 0 Å². The van der Waals surface area contributed by atoms with E-state index in [1.165, 1.54) is 0 Å². The van der Waals surface area contributed by atoms with E-state index in [2.05, 4.69) is 5.32 Å². The Bertz CT molecular complexity index is 417. The third-order valence-corrected chi connectivity index (χ3v) is 4.25. The molecule has 0 spiro atoms. The Morgan fingerprint density at radius 3 is 2.36 bits per heavy atom. The fourth-order valence-corrected chi connectivity index (χ4v) is 2.82. The van der Waals surface area contributed by atoms with E-state index in [9.17, 15) is 9.59 Å². The van der Waals surface area contributed by atoms with Crippen LogP contribution in [0.5, 0.6) is 0 Å². The average Bonchev–Trinajstić information content (AvgIpc) is 2.48. The highest BCUT2D eigenvalue weighted by Gasteiger charge is 2.40. The van der Waals surface area contributed by atoms with E-state index in [1.54, 1.807) is 23.8 Å². The highest BCUT2D eigenvalue weighted by molar-refractivity contribution is 5.96. The molecule has 3 atom stereocenters. The van der Waals surface area contributed by atoms with Gasteiger partial charge >= 0.3 is 0 Å². The summed E-state index contributed by atoms with van der Waals surface area (Å²) < 4.78 is 0. The van der Waals surface area contributed by atoms with Crippen molar-refractivity contribution in [2.75, 3.05) is 26.7 Å². The minimum Gasteiger partial charge on any atom is -0.481 e. The van der Waals surface area contributed by atoms with Crippen molar-refractivity contribution in [3.05, 3.63) is 0 Å². The van der Waals surface area contributed by atoms with Crippen LogP contribution in [0.15, 0.2) is 0 Å². The molecule has 2 amide bonds. The second-order valence-corrected chi connectivity index (χ2v) is 6.02. The molecular weight excluding hydrogens is 286 g/mol. The predicted molar refractivity (Wildman–Crippen MR) is 82.3 cm³/mol. The molecule has 7 nitrogen and oxygen atoms in total. The van der Waals surface area contributed by atoms with Crippen molar-refractivity contribution in [2.45, 2.75) is 45.7 Å². The van der Waals surface area contributed by atoms with E-state index in [0.717, 1.165) is 32.9 Å². The summed E-state index contributed by atoms with van der Waals surface area (Å²) in [6.07, 6.45) is 2.30. The number of nitrogens with one attached hydrogen (secondary N) is 1. The Morgan fingerprint density at radius 1 is 1.27 bits per heavy atom. The third-order valence-electron chi connectivity index (χ3n) is 4.25. The van der Waals surface area contributed by atoms with Gasteiger partial charge in [0.25, 0.3) is 5.97 Å². The van der Waals surface area contributed by atoms with Crippen molar-refractivity contribution < 1.29 is 19.5 Å². The van der Waals surface area contributed by atoms with Gasteiger partial charge in [-0.05, 0) is 45.7 Å². The first-order valence-corrected chi connectivity index (χ1v) is 7.73. The molecule has 2 fully saturated rings. The lowest BCUT2D eigenvalue weighted by Gasteiger charge is -2.42. The summed E-state index contributed by atoms with van der Waals surface area (Å²) >= 11 is 0. The molecule has 0 radical (unpaired) electrons. The SMILES string of the molecule is CC(=O)O.C[C@H]1C(=O)N(C[C@H]2CCCNC2)[C@@H](C)C(=O)N1C. The number of piperazine rings is 1. The van der Waals surface area contributed by atoms with Crippen molar-refractivity contribution in [1.29, 1.82) is 0 Å². The maximum Gasteiger partial charge on any atom is 0.300 e. The lowest BCUT2D eigenvalue weighted by molar-refractivity contribution is -0.159. The summed E-state index contributed by atoms with van der Waals surface area (Å²) in [7, 11) is 1.71. The van der Waals surface area contributed by atoms with E-state index in [-0.39, 0.29) is 23.9 Å². The molecule has 0 bridgehead atoms. The van der Waals surface area contributed by atoms with Crippen LogP contribution in [-0.2, 0) is 14.4 Å². The van der Waals surface area contributed by atoms with Gasteiger partial charge in [-0.1, -0.05) is 0 Å². The first kappa shape index (κ1) is 18.4. The lowest BCUT2D eigenvalue weighted by atomic mass is 9.97. The van der Waals surface area contributed by atoms with Crippen molar-refractivity contribution in [3.8, 4) is 0 Å². The number of hydrogen-bond donors (Lipinski definition) is 2. The van der Waals surface area contributed by atoms with Gasteiger partial charge in [-0.15, -0.1) is 0 Å². The molecule has 2 N–H and O–H groups in total. The Labute approximate surface area is 131 Å². The zero-order valence-electron chi connectivity index (χ0n) is 13.8. The zero-order valence-corrected chi connectivity index (χ0v) is 13.8. The fourth-order valence-electron chi connectivity index (χ4n) is 2.82. The summed E-state index contributed by atoms with van der Waals surface area (Å²) in [6.45, 7) is 7.45. The van der Waals surface area contributed by atoms with Crippen LogP contribution in [0.1, 0.15) is 33.6 Å². The molecule has 7 heteroatoms. The minimum atomic E-state index is -0.833. The summed E-state index contributed by atoms with van der Waals surface area (Å²) in [4.78, 5) is 36.7. The molecular formula is C15H27N3O4. The van der Waals surface area contributed by atoms with Gasteiger partial charge in [0, 0.05) is 20.5 Å². The van der Waals surface area contributed by atoms with E-state index in [0.29, 0.717) is 12.5 Å². The van der Waals surface area contributed by atoms with Crippen LogP contribution >= 0.6 is 0 Å². The molecule has 0 aromatic heterocycles. The standard InChI is InChI=1S/C13H23N3O2.C2H4O2/c1-9-13(18)16(10(2)12(17)15(9)3)8-11-5-4-6-14-7-11;1-2(3)4/h9-11,14H,4-8H2,1-3H3;1H3,(H,3,4)/t9-,10-,11-;/m0./s1. The summed E-state index contributed by atoms with van der Waals surface area (Å²) in [5.74, 6) is -0.227. The number of rotatable bonds is 2. The Kier molecular flexibility index (Phi) is 6.80. The lowest BCUT2D eigenvalue weighted by Crippen LogP contribution is -2.62. The van der Waals surface area contributed by atoms with Crippen LogP contribution in [0.2, 0.25) is 0 Å². The largest absolute Gasteiger partial charge is 0.481 e. The molecule has 2 heterocycles. The third kappa shape index (κ3) is 4.69. The molecule has 2 saturated heterocycles. The Morgan fingerprint density at radius 2 is 1.86 bits per heavy atom. The molecule has 22 heavy (non-hydrogen) atoms. The summed E-state index contributed by atoms with van der Waals surface area (Å²) in [5.41, 5.74) is 0. The van der Waals surface area contributed by atoms with Crippen molar-refractivity contribution in [3.63, 3.8) is 0 Å². The molecule has 0 aromatic carbocycles. The molecule has 2 aliphatic rings. The molecule has 2 rings (SSSR count). The maximum atomic E-state index is 12.3. The number of carbonyl (C=O) groups is 3. The van der Waals surface area contributed by atoms with Gasteiger partial charge in [0.05, 0.1) is 0 Å². The topological polar surface area (TPSA) is 90.0 Å². The second-order valence-electron chi connectivity index (χ2n) is 6.02. The van der Waals surface area contributed by atoms with E-state index < -0.39 is 5.97 Å². The van der Waals surface area contributed by atoms with E-state index in [1.807, 2.05) is 6.92 Å². The summed E-state index contributed by atoms with van der Waals surface area (Å²) in [6, 6.07) is -0.647. The van der Waals surface area contributed by atoms with Crippen LogP contribution in [0.25, 0.3) is 0 Å². The summed E-state index contributed by atoms with van der Waals surface area (Å²) in [5, 5.41) is 10.8. The Balaban J connectivity index is 0.000000541. The number of hydrogen-bond acceptors (Lipinski definition) is 4. The second kappa shape index (κ2) is 8.12. The highest BCUT2D eigenvalue weighted by Crippen LogP contribution is 2.20. The highest BCUT2D eigenvalue weighted by atomic mass is 16.4.